The number of imidazole rings is 1. The van der Waals surface area contributed by atoms with Crippen LogP contribution in [0.25, 0.3) is 22.6 Å². The molecule has 1 aromatic carbocycles. The van der Waals surface area contributed by atoms with Crippen molar-refractivity contribution in [1.29, 1.82) is 0 Å². The molecule has 4 rings (SSSR count). The van der Waals surface area contributed by atoms with Crippen LogP contribution in [0.5, 0.6) is 0 Å². The molecular formula is C15H16FN5O. The second-order valence-electron chi connectivity index (χ2n) is 5.00. The van der Waals surface area contributed by atoms with E-state index in [9.17, 15) is 9.18 Å². The molecule has 3 aromatic rings. The number of halogens is 1. The second-order valence-corrected chi connectivity index (χ2v) is 5.00. The molecule has 0 atom stereocenters. The van der Waals surface area contributed by atoms with Crippen molar-refractivity contribution < 1.29 is 4.39 Å². The molecule has 22 heavy (non-hydrogen) atoms. The van der Waals surface area contributed by atoms with Gasteiger partial charge in [-0.2, -0.15) is 0 Å². The number of benzene rings is 1. The van der Waals surface area contributed by atoms with Crippen molar-refractivity contribution in [2.45, 2.75) is 12.8 Å². The summed E-state index contributed by atoms with van der Waals surface area (Å²) in [6, 6.07) is 5.84. The third-order valence-electron chi connectivity index (χ3n) is 3.33. The summed E-state index contributed by atoms with van der Waals surface area (Å²) >= 11 is 0. The van der Waals surface area contributed by atoms with Gasteiger partial charge in [0.1, 0.15) is 11.3 Å². The van der Waals surface area contributed by atoms with Crippen LogP contribution >= 0.6 is 0 Å². The lowest BCUT2D eigenvalue weighted by atomic mass is 10.2. The van der Waals surface area contributed by atoms with Gasteiger partial charge in [0.2, 0.25) is 0 Å². The van der Waals surface area contributed by atoms with E-state index >= 15 is 0 Å². The van der Waals surface area contributed by atoms with Gasteiger partial charge in [-0.25, -0.2) is 19.2 Å². The van der Waals surface area contributed by atoms with Gasteiger partial charge in [-0.15, -0.1) is 0 Å². The topological polar surface area (TPSA) is 86.5 Å². The van der Waals surface area contributed by atoms with E-state index in [1.165, 1.54) is 44.3 Å². The molecule has 0 aliphatic carbocycles. The van der Waals surface area contributed by atoms with Crippen molar-refractivity contribution in [2.75, 3.05) is 13.1 Å². The standard InChI is InChI=1S/C11H7FN4O.C4H9N/c12-7-3-1-6(2-4-7)9-13-5-8-10(15-9)16-11(17)14-8;1-2-4-5-3-1/h1-5H,(H2,13,14,15,16,17);5H,1-4H2. The normalized spacial score (nSPS) is 13.9. The molecule has 1 aliphatic heterocycles. The van der Waals surface area contributed by atoms with Crippen LogP contribution in [0.3, 0.4) is 0 Å². The van der Waals surface area contributed by atoms with E-state index in [2.05, 4.69) is 25.3 Å². The van der Waals surface area contributed by atoms with E-state index in [0.29, 0.717) is 22.6 Å². The predicted molar refractivity (Wildman–Crippen MR) is 82.0 cm³/mol. The SMILES string of the molecule is C1CCNC1.O=c1[nH]c2cnc(-c3ccc(F)cc3)nc2[nH]1. The minimum atomic E-state index is -0.328. The van der Waals surface area contributed by atoms with Gasteiger partial charge in [-0.05, 0) is 50.2 Å². The van der Waals surface area contributed by atoms with Crippen molar-refractivity contribution in [2.24, 2.45) is 0 Å². The first kappa shape index (κ1) is 14.4. The van der Waals surface area contributed by atoms with E-state index in [1.54, 1.807) is 12.1 Å². The second kappa shape index (κ2) is 6.48. The summed E-state index contributed by atoms with van der Waals surface area (Å²) in [5.74, 6) is 0.123. The molecule has 0 radical (unpaired) electrons. The zero-order chi connectivity index (χ0) is 15.4. The Balaban J connectivity index is 0.000000246. The zero-order valence-electron chi connectivity index (χ0n) is 11.9. The average Bonchev–Trinajstić information content (AvgIpc) is 3.19. The highest BCUT2D eigenvalue weighted by Gasteiger charge is 2.05. The minimum Gasteiger partial charge on any atom is -0.317 e. The molecule has 0 bridgehead atoms. The number of nitrogens with one attached hydrogen (secondary N) is 3. The van der Waals surface area contributed by atoms with Crippen LogP contribution in [0, 0.1) is 5.82 Å². The van der Waals surface area contributed by atoms with Crippen LogP contribution in [-0.2, 0) is 0 Å². The number of rotatable bonds is 1. The molecule has 1 aliphatic rings. The first-order chi connectivity index (χ1) is 10.7. The van der Waals surface area contributed by atoms with Crippen LogP contribution in [0.4, 0.5) is 4.39 Å². The van der Waals surface area contributed by atoms with Gasteiger partial charge in [0.15, 0.2) is 11.5 Å². The van der Waals surface area contributed by atoms with Gasteiger partial charge in [-0.3, -0.25) is 4.98 Å². The quantitative estimate of drug-likeness (QED) is 0.640. The van der Waals surface area contributed by atoms with Gasteiger partial charge in [0.25, 0.3) is 0 Å². The smallest absolute Gasteiger partial charge is 0.317 e. The first-order valence-corrected chi connectivity index (χ1v) is 7.14. The van der Waals surface area contributed by atoms with Crippen molar-refractivity contribution >= 4 is 11.2 Å². The van der Waals surface area contributed by atoms with E-state index < -0.39 is 0 Å². The molecule has 0 amide bonds. The highest BCUT2D eigenvalue weighted by molar-refractivity contribution is 5.71. The van der Waals surface area contributed by atoms with Crippen LogP contribution < -0.4 is 11.0 Å². The zero-order valence-corrected chi connectivity index (χ0v) is 11.9. The summed E-state index contributed by atoms with van der Waals surface area (Å²) in [4.78, 5) is 24.4. The van der Waals surface area contributed by atoms with E-state index in [1.807, 2.05) is 0 Å². The van der Waals surface area contributed by atoms with Gasteiger partial charge < -0.3 is 10.3 Å². The molecule has 3 N–H and O–H groups in total. The Kier molecular flexibility index (Phi) is 4.24. The van der Waals surface area contributed by atoms with Crippen molar-refractivity contribution in [3.05, 3.63) is 46.8 Å². The van der Waals surface area contributed by atoms with E-state index in [0.717, 1.165) is 0 Å². The Hall–Kier alpha value is -2.54. The molecule has 0 unspecified atom stereocenters. The van der Waals surface area contributed by atoms with Crippen molar-refractivity contribution in [3.8, 4) is 11.4 Å². The number of fused-ring (bicyclic) bond motifs is 1. The lowest BCUT2D eigenvalue weighted by Crippen LogP contribution is -2.03. The lowest BCUT2D eigenvalue weighted by Gasteiger charge is -1.98. The fraction of sp³-hybridized carbons (Fsp3) is 0.267. The summed E-state index contributed by atoms with van der Waals surface area (Å²) in [5.41, 5.74) is 1.34. The summed E-state index contributed by atoms with van der Waals surface area (Å²) in [5, 5.41) is 3.22. The molecule has 1 saturated heterocycles. The fourth-order valence-electron chi connectivity index (χ4n) is 2.19. The first-order valence-electron chi connectivity index (χ1n) is 7.14. The molecule has 7 heteroatoms. The Morgan fingerprint density at radius 2 is 1.77 bits per heavy atom. The molecule has 2 aromatic heterocycles. The van der Waals surface area contributed by atoms with Crippen LogP contribution in [0.15, 0.2) is 35.3 Å². The molecule has 6 nitrogen and oxygen atoms in total. The van der Waals surface area contributed by atoms with Crippen molar-refractivity contribution in [3.63, 3.8) is 0 Å². The molecule has 0 saturated carbocycles. The highest BCUT2D eigenvalue weighted by Crippen LogP contribution is 2.16. The number of hydrogen-bond acceptors (Lipinski definition) is 4. The number of hydrogen-bond donors (Lipinski definition) is 3. The van der Waals surface area contributed by atoms with Gasteiger partial charge in [0.05, 0.1) is 6.20 Å². The Morgan fingerprint density at radius 3 is 2.41 bits per heavy atom. The maximum absolute atomic E-state index is 12.8. The summed E-state index contributed by atoms with van der Waals surface area (Å²) < 4.78 is 12.8. The number of aromatic nitrogens is 4. The Morgan fingerprint density at radius 1 is 1.05 bits per heavy atom. The van der Waals surface area contributed by atoms with Gasteiger partial charge >= 0.3 is 5.69 Å². The monoisotopic (exact) mass is 301 g/mol. The molecular weight excluding hydrogens is 285 g/mol. The fourth-order valence-corrected chi connectivity index (χ4v) is 2.19. The maximum atomic E-state index is 12.8. The highest BCUT2D eigenvalue weighted by atomic mass is 19.1. The Bertz CT molecular complexity index is 797. The third kappa shape index (κ3) is 3.37. The minimum absolute atomic E-state index is 0.315. The number of nitrogens with zero attached hydrogens (tertiary/aromatic N) is 2. The number of H-pyrrole nitrogens is 2. The Labute approximate surface area is 125 Å². The van der Waals surface area contributed by atoms with Crippen LogP contribution in [-0.4, -0.2) is 33.0 Å². The molecule has 1 fully saturated rings. The average molecular weight is 301 g/mol. The van der Waals surface area contributed by atoms with Gasteiger partial charge in [0, 0.05) is 5.56 Å². The molecule has 0 spiro atoms. The summed E-state index contributed by atoms with van der Waals surface area (Å²) in [6.45, 7) is 2.50. The lowest BCUT2D eigenvalue weighted by molar-refractivity contribution is 0.628. The predicted octanol–water partition coefficient (Wildman–Crippen LogP) is 1.82. The van der Waals surface area contributed by atoms with Crippen LogP contribution in [0.2, 0.25) is 0 Å². The largest absolute Gasteiger partial charge is 0.325 e. The van der Waals surface area contributed by atoms with E-state index in [-0.39, 0.29) is 11.5 Å². The van der Waals surface area contributed by atoms with Crippen LogP contribution in [0.1, 0.15) is 12.8 Å². The third-order valence-corrected chi connectivity index (χ3v) is 3.33. The molecule has 3 heterocycles. The maximum Gasteiger partial charge on any atom is 0.325 e. The van der Waals surface area contributed by atoms with Crippen molar-refractivity contribution in [1.82, 2.24) is 25.3 Å². The van der Waals surface area contributed by atoms with E-state index in [4.69, 9.17) is 0 Å². The number of aromatic amines is 2. The summed E-state index contributed by atoms with van der Waals surface area (Å²) in [6.07, 6.45) is 4.29. The summed E-state index contributed by atoms with van der Waals surface area (Å²) in [7, 11) is 0. The molecule has 114 valence electrons. The van der Waals surface area contributed by atoms with Gasteiger partial charge in [-0.1, -0.05) is 0 Å².